The molecule has 2 heterocycles. The summed E-state index contributed by atoms with van der Waals surface area (Å²) in [6.45, 7) is 6.44. The number of hydrogen-bond donors (Lipinski definition) is 2. The second kappa shape index (κ2) is 6.72. The summed E-state index contributed by atoms with van der Waals surface area (Å²) in [4.78, 5) is 6.92. The van der Waals surface area contributed by atoms with Gasteiger partial charge in [0.05, 0.1) is 0 Å². The first-order valence-corrected chi connectivity index (χ1v) is 7.80. The van der Waals surface area contributed by atoms with Crippen LogP contribution in [-0.4, -0.2) is 41.4 Å². The van der Waals surface area contributed by atoms with Gasteiger partial charge in [0.1, 0.15) is 0 Å². The van der Waals surface area contributed by atoms with Crippen molar-refractivity contribution in [1.82, 2.24) is 20.5 Å². The van der Waals surface area contributed by atoms with Gasteiger partial charge in [0, 0.05) is 18.7 Å². The standard InChI is InChI=1S/C16H23N5/c1-2-17-12-13-8-10-21(11-9-13)16-18-15(19-20-16)14-6-4-3-5-7-14/h3-7,13,17H,2,8-12H2,1H3,(H,18,19,20). The van der Waals surface area contributed by atoms with Gasteiger partial charge in [-0.1, -0.05) is 37.3 Å². The summed E-state index contributed by atoms with van der Waals surface area (Å²) in [5, 5.41) is 10.9. The van der Waals surface area contributed by atoms with Crippen molar-refractivity contribution >= 4 is 5.95 Å². The molecule has 0 atom stereocenters. The lowest BCUT2D eigenvalue weighted by atomic mass is 9.97. The van der Waals surface area contributed by atoms with E-state index in [1.807, 2.05) is 30.3 Å². The summed E-state index contributed by atoms with van der Waals surface area (Å²) >= 11 is 0. The molecule has 1 fully saturated rings. The minimum absolute atomic E-state index is 0.786. The molecule has 1 aliphatic heterocycles. The van der Waals surface area contributed by atoms with Crippen LogP contribution in [0, 0.1) is 5.92 Å². The van der Waals surface area contributed by atoms with E-state index in [0.717, 1.165) is 49.4 Å². The lowest BCUT2D eigenvalue weighted by Gasteiger charge is -2.31. The number of aromatic amines is 1. The Bertz CT molecular complexity index is 543. The number of nitrogens with zero attached hydrogens (tertiary/aromatic N) is 3. The van der Waals surface area contributed by atoms with Gasteiger partial charge in [-0.3, -0.25) is 5.10 Å². The van der Waals surface area contributed by atoms with Gasteiger partial charge in [-0.2, -0.15) is 4.98 Å². The number of hydrogen-bond acceptors (Lipinski definition) is 4. The molecule has 2 N–H and O–H groups in total. The number of rotatable bonds is 5. The first kappa shape index (κ1) is 14.1. The van der Waals surface area contributed by atoms with Gasteiger partial charge in [-0.05, 0) is 31.8 Å². The zero-order valence-corrected chi connectivity index (χ0v) is 12.5. The van der Waals surface area contributed by atoms with Gasteiger partial charge >= 0.3 is 0 Å². The van der Waals surface area contributed by atoms with Crippen molar-refractivity contribution in [3.8, 4) is 11.4 Å². The molecule has 5 nitrogen and oxygen atoms in total. The average Bonchev–Trinajstić information content (AvgIpc) is 3.04. The van der Waals surface area contributed by atoms with Crippen molar-refractivity contribution in [1.29, 1.82) is 0 Å². The van der Waals surface area contributed by atoms with Crippen LogP contribution < -0.4 is 10.2 Å². The second-order valence-corrected chi connectivity index (χ2v) is 5.59. The van der Waals surface area contributed by atoms with E-state index in [2.05, 4.69) is 32.3 Å². The van der Waals surface area contributed by atoms with E-state index in [1.165, 1.54) is 12.8 Å². The van der Waals surface area contributed by atoms with E-state index >= 15 is 0 Å². The molecule has 1 aliphatic rings. The highest BCUT2D eigenvalue weighted by Crippen LogP contribution is 2.22. The molecule has 0 bridgehead atoms. The van der Waals surface area contributed by atoms with Crippen LogP contribution in [0.4, 0.5) is 5.95 Å². The van der Waals surface area contributed by atoms with E-state index in [0.29, 0.717) is 0 Å². The number of anilines is 1. The van der Waals surface area contributed by atoms with Crippen LogP contribution in [0.25, 0.3) is 11.4 Å². The number of nitrogens with one attached hydrogen (secondary N) is 2. The third-order valence-electron chi connectivity index (χ3n) is 4.10. The van der Waals surface area contributed by atoms with Gasteiger partial charge in [0.2, 0.25) is 5.95 Å². The van der Waals surface area contributed by atoms with Gasteiger partial charge in [-0.25, -0.2) is 0 Å². The summed E-state index contributed by atoms with van der Waals surface area (Å²) in [5.74, 6) is 2.46. The minimum Gasteiger partial charge on any atom is -0.340 e. The molecule has 0 unspecified atom stereocenters. The van der Waals surface area contributed by atoms with Crippen molar-refractivity contribution in [3.05, 3.63) is 30.3 Å². The first-order chi connectivity index (χ1) is 10.4. The number of H-pyrrole nitrogens is 1. The zero-order chi connectivity index (χ0) is 14.5. The van der Waals surface area contributed by atoms with Crippen molar-refractivity contribution in [3.63, 3.8) is 0 Å². The summed E-state index contributed by atoms with van der Waals surface area (Å²) < 4.78 is 0. The molecule has 112 valence electrons. The SMILES string of the molecule is CCNCC1CCN(c2n[nH]c(-c3ccccc3)n2)CC1. The molecule has 5 heteroatoms. The Morgan fingerprint density at radius 2 is 2.00 bits per heavy atom. The summed E-state index contributed by atoms with van der Waals surface area (Å²) in [5.41, 5.74) is 1.08. The maximum atomic E-state index is 4.63. The minimum atomic E-state index is 0.786. The molecule has 1 saturated heterocycles. The monoisotopic (exact) mass is 285 g/mol. The Morgan fingerprint density at radius 3 is 2.71 bits per heavy atom. The third-order valence-corrected chi connectivity index (χ3v) is 4.10. The van der Waals surface area contributed by atoms with Crippen LogP contribution >= 0.6 is 0 Å². The quantitative estimate of drug-likeness (QED) is 0.885. The number of benzene rings is 1. The lowest BCUT2D eigenvalue weighted by molar-refractivity contribution is 0.384. The van der Waals surface area contributed by atoms with Crippen molar-refractivity contribution in [2.24, 2.45) is 5.92 Å². The van der Waals surface area contributed by atoms with Crippen molar-refractivity contribution in [2.45, 2.75) is 19.8 Å². The van der Waals surface area contributed by atoms with Gasteiger partial charge in [0.25, 0.3) is 0 Å². The molecule has 0 saturated carbocycles. The van der Waals surface area contributed by atoms with Crippen LogP contribution in [0.5, 0.6) is 0 Å². The summed E-state index contributed by atoms with van der Waals surface area (Å²) in [6.07, 6.45) is 2.42. The smallest absolute Gasteiger partial charge is 0.245 e. The first-order valence-electron chi connectivity index (χ1n) is 7.80. The predicted molar refractivity (Wildman–Crippen MR) is 85.3 cm³/mol. The molecule has 0 radical (unpaired) electrons. The van der Waals surface area contributed by atoms with Crippen molar-refractivity contribution < 1.29 is 0 Å². The fourth-order valence-corrected chi connectivity index (χ4v) is 2.81. The fraction of sp³-hybridized carbons (Fsp3) is 0.500. The van der Waals surface area contributed by atoms with Crippen molar-refractivity contribution in [2.75, 3.05) is 31.1 Å². The Balaban J connectivity index is 1.60. The highest BCUT2D eigenvalue weighted by atomic mass is 15.4. The number of aromatic nitrogens is 3. The molecule has 0 spiro atoms. The molecule has 1 aromatic carbocycles. The van der Waals surface area contributed by atoms with Gasteiger partial charge < -0.3 is 10.2 Å². The summed E-state index contributed by atoms with van der Waals surface area (Å²) in [6, 6.07) is 10.1. The molecular formula is C16H23N5. The fourth-order valence-electron chi connectivity index (χ4n) is 2.81. The van der Waals surface area contributed by atoms with Crippen LogP contribution in [0.15, 0.2) is 30.3 Å². The molecule has 2 aromatic rings. The van der Waals surface area contributed by atoms with E-state index in [9.17, 15) is 0 Å². The molecule has 0 amide bonds. The highest BCUT2D eigenvalue weighted by molar-refractivity contribution is 5.56. The van der Waals surface area contributed by atoms with E-state index < -0.39 is 0 Å². The summed E-state index contributed by atoms with van der Waals surface area (Å²) in [7, 11) is 0. The molecule has 0 aliphatic carbocycles. The van der Waals surface area contributed by atoms with Crippen LogP contribution in [0.3, 0.4) is 0 Å². The second-order valence-electron chi connectivity index (χ2n) is 5.59. The Labute approximate surface area is 125 Å². The molecule has 1 aromatic heterocycles. The highest BCUT2D eigenvalue weighted by Gasteiger charge is 2.21. The Hall–Kier alpha value is -1.88. The van der Waals surface area contributed by atoms with Crippen LogP contribution in [-0.2, 0) is 0 Å². The van der Waals surface area contributed by atoms with Crippen LogP contribution in [0.2, 0.25) is 0 Å². The number of piperidine rings is 1. The topological polar surface area (TPSA) is 56.8 Å². The third kappa shape index (κ3) is 3.42. The molecular weight excluding hydrogens is 262 g/mol. The lowest BCUT2D eigenvalue weighted by Crippen LogP contribution is -2.37. The zero-order valence-electron chi connectivity index (χ0n) is 12.5. The van der Waals surface area contributed by atoms with Crippen LogP contribution in [0.1, 0.15) is 19.8 Å². The Morgan fingerprint density at radius 1 is 1.24 bits per heavy atom. The Kier molecular flexibility index (Phi) is 4.50. The normalized spacial score (nSPS) is 16.3. The van der Waals surface area contributed by atoms with Gasteiger partial charge in [-0.15, -0.1) is 5.10 Å². The average molecular weight is 285 g/mol. The van der Waals surface area contributed by atoms with E-state index in [-0.39, 0.29) is 0 Å². The van der Waals surface area contributed by atoms with E-state index in [1.54, 1.807) is 0 Å². The predicted octanol–water partition coefficient (Wildman–Crippen LogP) is 2.30. The van der Waals surface area contributed by atoms with E-state index in [4.69, 9.17) is 0 Å². The maximum absolute atomic E-state index is 4.63. The van der Waals surface area contributed by atoms with Gasteiger partial charge in [0.15, 0.2) is 5.82 Å². The molecule has 21 heavy (non-hydrogen) atoms. The largest absolute Gasteiger partial charge is 0.340 e. The molecule has 3 rings (SSSR count). The maximum Gasteiger partial charge on any atom is 0.245 e.